The lowest BCUT2D eigenvalue weighted by atomic mass is 10.1. The van der Waals surface area contributed by atoms with Crippen LogP contribution in [0.25, 0.3) is 11.0 Å². The topological polar surface area (TPSA) is 43.8 Å². The minimum atomic E-state index is -0.0772. The van der Waals surface area contributed by atoms with E-state index in [1.165, 1.54) is 17.5 Å². The quantitative estimate of drug-likeness (QED) is 0.744. The molecule has 3 aromatic rings. The molecule has 2 aromatic carbocycles. The number of unbranched alkanes of at least 4 members (excludes halogenated alkanes) is 1. The summed E-state index contributed by atoms with van der Waals surface area (Å²) in [6, 6.07) is 18.6. The van der Waals surface area contributed by atoms with Crippen LogP contribution in [0.3, 0.4) is 0 Å². The number of hydrogen-bond acceptors (Lipinski definition) is 2. The predicted molar refractivity (Wildman–Crippen MR) is 91.7 cm³/mol. The summed E-state index contributed by atoms with van der Waals surface area (Å²) in [7, 11) is 0. The normalized spacial score (nSPS) is 12.6. The first-order chi connectivity index (χ1) is 10.8. The second-order valence-corrected chi connectivity index (χ2v) is 5.76. The first-order valence-corrected chi connectivity index (χ1v) is 8.04. The highest BCUT2D eigenvalue weighted by atomic mass is 15.1. The van der Waals surface area contributed by atoms with E-state index in [0.29, 0.717) is 0 Å². The number of aryl methyl sites for hydroxylation is 1. The summed E-state index contributed by atoms with van der Waals surface area (Å²) in [6.45, 7) is 3.19. The molecule has 0 spiro atoms. The van der Waals surface area contributed by atoms with Crippen LogP contribution >= 0.6 is 0 Å². The maximum absolute atomic E-state index is 6.48. The predicted octanol–water partition coefficient (Wildman–Crippen LogP) is 4.08. The van der Waals surface area contributed by atoms with Gasteiger partial charge in [0, 0.05) is 6.54 Å². The van der Waals surface area contributed by atoms with Crippen LogP contribution in [0.5, 0.6) is 0 Å². The van der Waals surface area contributed by atoms with E-state index < -0.39 is 0 Å². The molecule has 3 nitrogen and oxygen atoms in total. The summed E-state index contributed by atoms with van der Waals surface area (Å²) in [5.41, 5.74) is 9.96. The molecule has 0 radical (unpaired) electrons. The first kappa shape index (κ1) is 14.8. The number of rotatable bonds is 6. The highest BCUT2D eigenvalue weighted by molar-refractivity contribution is 5.76. The number of para-hydroxylation sites is 2. The largest absolute Gasteiger partial charge is 0.327 e. The third kappa shape index (κ3) is 3.04. The smallest absolute Gasteiger partial charge is 0.127 e. The molecule has 1 heterocycles. The standard InChI is InChI=1S/C19H23N3/c1-2-3-13-22-18-12-8-7-11-17(18)21-19(22)16(20)14-15-9-5-4-6-10-15/h4-12,16H,2-3,13-14,20H2,1H3. The van der Waals surface area contributed by atoms with Gasteiger partial charge in [-0.25, -0.2) is 4.98 Å². The van der Waals surface area contributed by atoms with Crippen molar-refractivity contribution < 1.29 is 0 Å². The van der Waals surface area contributed by atoms with Crippen molar-refractivity contribution in [3.05, 3.63) is 66.0 Å². The number of imidazole rings is 1. The van der Waals surface area contributed by atoms with E-state index in [1.54, 1.807) is 0 Å². The molecule has 2 N–H and O–H groups in total. The highest BCUT2D eigenvalue weighted by Crippen LogP contribution is 2.22. The van der Waals surface area contributed by atoms with E-state index in [1.807, 2.05) is 12.1 Å². The van der Waals surface area contributed by atoms with E-state index in [0.717, 1.165) is 30.7 Å². The van der Waals surface area contributed by atoms with Crippen molar-refractivity contribution in [1.29, 1.82) is 0 Å². The van der Waals surface area contributed by atoms with Crippen LogP contribution in [-0.2, 0) is 13.0 Å². The monoisotopic (exact) mass is 293 g/mol. The zero-order chi connectivity index (χ0) is 15.4. The molecular weight excluding hydrogens is 270 g/mol. The molecule has 114 valence electrons. The van der Waals surface area contributed by atoms with Gasteiger partial charge < -0.3 is 10.3 Å². The first-order valence-electron chi connectivity index (χ1n) is 8.04. The Morgan fingerprint density at radius 2 is 1.77 bits per heavy atom. The third-order valence-electron chi connectivity index (χ3n) is 4.05. The van der Waals surface area contributed by atoms with Gasteiger partial charge in [-0.05, 0) is 30.5 Å². The van der Waals surface area contributed by atoms with E-state index in [9.17, 15) is 0 Å². The van der Waals surface area contributed by atoms with Gasteiger partial charge in [0.25, 0.3) is 0 Å². The maximum atomic E-state index is 6.48. The van der Waals surface area contributed by atoms with Crippen molar-refractivity contribution in [2.24, 2.45) is 5.73 Å². The Labute approximate surface area is 131 Å². The molecule has 1 aromatic heterocycles. The van der Waals surface area contributed by atoms with Crippen molar-refractivity contribution in [2.75, 3.05) is 0 Å². The average Bonchev–Trinajstić information content (AvgIpc) is 2.92. The van der Waals surface area contributed by atoms with Crippen molar-refractivity contribution >= 4 is 11.0 Å². The SMILES string of the molecule is CCCCn1c(C(N)Cc2ccccc2)nc2ccccc21. The molecule has 0 aliphatic carbocycles. The molecule has 0 saturated heterocycles. The van der Waals surface area contributed by atoms with Gasteiger partial charge in [0.1, 0.15) is 5.82 Å². The number of fused-ring (bicyclic) bond motifs is 1. The van der Waals surface area contributed by atoms with Gasteiger partial charge in [-0.15, -0.1) is 0 Å². The Kier molecular flexibility index (Phi) is 4.54. The maximum Gasteiger partial charge on any atom is 0.127 e. The zero-order valence-electron chi connectivity index (χ0n) is 13.1. The Balaban J connectivity index is 1.94. The second kappa shape index (κ2) is 6.75. The third-order valence-corrected chi connectivity index (χ3v) is 4.05. The van der Waals surface area contributed by atoms with Gasteiger partial charge in [-0.3, -0.25) is 0 Å². The summed E-state index contributed by atoms with van der Waals surface area (Å²) in [5.74, 6) is 0.999. The molecule has 0 amide bonds. The molecule has 0 aliphatic heterocycles. The Bertz CT molecular complexity index is 731. The number of hydrogen-bond donors (Lipinski definition) is 1. The number of benzene rings is 2. The van der Waals surface area contributed by atoms with Crippen molar-refractivity contribution in [3.8, 4) is 0 Å². The minimum absolute atomic E-state index is 0.0772. The van der Waals surface area contributed by atoms with Crippen LogP contribution < -0.4 is 5.73 Å². The molecular formula is C19H23N3. The Morgan fingerprint density at radius 1 is 1.05 bits per heavy atom. The molecule has 0 bridgehead atoms. The van der Waals surface area contributed by atoms with E-state index >= 15 is 0 Å². The van der Waals surface area contributed by atoms with Crippen molar-refractivity contribution in [1.82, 2.24) is 9.55 Å². The number of nitrogens with two attached hydrogens (primary N) is 1. The number of aromatic nitrogens is 2. The summed E-state index contributed by atoms with van der Waals surface area (Å²) in [4.78, 5) is 4.80. The van der Waals surface area contributed by atoms with E-state index in [-0.39, 0.29) is 6.04 Å². The Hall–Kier alpha value is -2.13. The van der Waals surface area contributed by atoms with Gasteiger partial charge in [0.15, 0.2) is 0 Å². The van der Waals surface area contributed by atoms with Gasteiger partial charge in [-0.2, -0.15) is 0 Å². The van der Waals surface area contributed by atoms with Crippen LogP contribution in [0.1, 0.15) is 37.2 Å². The summed E-state index contributed by atoms with van der Waals surface area (Å²) >= 11 is 0. The van der Waals surface area contributed by atoms with Gasteiger partial charge in [0.05, 0.1) is 17.1 Å². The van der Waals surface area contributed by atoms with Crippen LogP contribution in [0.2, 0.25) is 0 Å². The van der Waals surface area contributed by atoms with Crippen LogP contribution in [0.15, 0.2) is 54.6 Å². The number of nitrogens with zero attached hydrogens (tertiary/aromatic N) is 2. The zero-order valence-corrected chi connectivity index (χ0v) is 13.1. The van der Waals surface area contributed by atoms with Gasteiger partial charge in [-0.1, -0.05) is 55.8 Å². The van der Waals surface area contributed by atoms with Crippen LogP contribution in [-0.4, -0.2) is 9.55 Å². The van der Waals surface area contributed by atoms with Crippen LogP contribution in [0, 0.1) is 0 Å². The molecule has 0 aliphatic rings. The molecule has 3 rings (SSSR count). The highest BCUT2D eigenvalue weighted by Gasteiger charge is 2.17. The lowest BCUT2D eigenvalue weighted by Crippen LogP contribution is -2.19. The fourth-order valence-electron chi connectivity index (χ4n) is 2.89. The molecule has 0 fully saturated rings. The molecule has 3 heteroatoms. The van der Waals surface area contributed by atoms with Crippen molar-refractivity contribution in [3.63, 3.8) is 0 Å². The second-order valence-electron chi connectivity index (χ2n) is 5.76. The Morgan fingerprint density at radius 3 is 2.55 bits per heavy atom. The van der Waals surface area contributed by atoms with Crippen molar-refractivity contribution in [2.45, 2.75) is 38.8 Å². The summed E-state index contributed by atoms with van der Waals surface area (Å²) in [6.07, 6.45) is 3.13. The summed E-state index contributed by atoms with van der Waals surface area (Å²) in [5, 5.41) is 0. The molecule has 1 atom stereocenters. The van der Waals surface area contributed by atoms with E-state index in [4.69, 9.17) is 10.7 Å². The van der Waals surface area contributed by atoms with Gasteiger partial charge >= 0.3 is 0 Å². The summed E-state index contributed by atoms with van der Waals surface area (Å²) < 4.78 is 2.30. The van der Waals surface area contributed by atoms with Gasteiger partial charge in [0.2, 0.25) is 0 Å². The molecule has 22 heavy (non-hydrogen) atoms. The fourth-order valence-corrected chi connectivity index (χ4v) is 2.89. The molecule has 1 unspecified atom stereocenters. The van der Waals surface area contributed by atoms with E-state index in [2.05, 4.69) is 54.0 Å². The van der Waals surface area contributed by atoms with Crippen LogP contribution in [0.4, 0.5) is 0 Å². The minimum Gasteiger partial charge on any atom is -0.327 e. The lowest BCUT2D eigenvalue weighted by Gasteiger charge is -2.14. The lowest BCUT2D eigenvalue weighted by molar-refractivity contribution is 0.567. The fraction of sp³-hybridized carbons (Fsp3) is 0.316. The average molecular weight is 293 g/mol. The molecule has 0 saturated carbocycles.